The third-order valence-electron chi connectivity index (χ3n) is 3.18. The van der Waals surface area contributed by atoms with Gasteiger partial charge in [-0.3, -0.25) is 0 Å². The van der Waals surface area contributed by atoms with Crippen LogP contribution in [0, 0.1) is 0 Å². The zero-order chi connectivity index (χ0) is 10.7. The van der Waals surface area contributed by atoms with Gasteiger partial charge in [-0.05, 0) is 42.9 Å². The van der Waals surface area contributed by atoms with Crippen molar-refractivity contribution in [2.45, 2.75) is 42.8 Å². The third-order valence-corrected chi connectivity index (χ3v) is 4.25. The molecule has 0 radical (unpaired) electrons. The Hall–Kier alpha value is -0.0100. The summed E-state index contributed by atoms with van der Waals surface area (Å²) in [7, 11) is 0. The highest BCUT2D eigenvalue weighted by Crippen LogP contribution is 2.35. The summed E-state index contributed by atoms with van der Waals surface area (Å²) in [4.78, 5) is 0.684. The second kappa shape index (κ2) is 5.36. The summed E-state index contributed by atoms with van der Waals surface area (Å²) in [6, 6.07) is 8.35. The normalized spacial score (nSPS) is 27.3. The minimum absolute atomic E-state index is 0.684. The van der Waals surface area contributed by atoms with Crippen molar-refractivity contribution in [3.8, 4) is 0 Å². The number of hydrogen-bond donors (Lipinski definition) is 0. The number of halogens is 2. The summed E-state index contributed by atoms with van der Waals surface area (Å²) in [5.41, 5.74) is 1.41. The van der Waals surface area contributed by atoms with Gasteiger partial charge in [-0.25, -0.2) is 0 Å². The first-order valence-corrected chi connectivity index (χ1v) is 6.94. The zero-order valence-corrected chi connectivity index (χ0v) is 11.1. The van der Waals surface area contributed by atoms with E-state index in [1.54, 1.807) is 0 Å². The standard InChI is InChI=1S/C13H16BrCl/c14-12-6-2-1-4-10(8-12)11-5-3-7-13(15)9-11/h3,5,7,9-10,12H,1-2,4,6,8H2. The van der Waals surface area contributed by atoms with Gasteiger partial charge < -0.3 is 0 Å². The molecular weight excluding hydrogens is 272 g/mol. The van der Waals surface area contributed by atoms with Crippen LogP contribution in [0.3, 0.4) is 0 Å². The van der Waals surface area contributed by atoms with Crippen LogP contribution in [-0.2, 0) is 0 Å². The molecule has 0 N–H and O–H groups in total. The van der Waals surface area contributed by atoms with Crippen molar-refractivity contribution in [3.63, 3.8) is 0 Å². The summed E-state index contributed by atoms with van der Waals surface area (Å²) >= 11 is 9.79. The van der Waals surface area contributed by atoms with Crippen LogP contribution in [0.4, 0.5) is 0 Å². The summed E-state index contributed by atoms with van der Waals surface area (Å²) in [6.07, 6.45) is 6.58. The van der Waals surface area contributed by atoms with Crippen LogP contribution in [0.25, 0.3) is 0 Å². The molecule has 82 valence electrons. The Kier molecular flexibility index (Phi) is 4.10. The van der Waals surface area contributed by atoms with Crippen molar-refractivity contribution < 1.29 is 0 Å². The molecule has 1 aromatic rings. The summed E-state index contributed by atoms with van der Waals surface area (Å²) < 4.78 is 0. The SMILES string of the molecule is Clc1cccc(C2CCCCC(Br)C2)c1. The molecule has 2 atom stereocenters. The average Bonchev–Trinajstić information content (AvgIpc) is 2.43. The highest BCUT2D eigenvalue weighted by atomic mass is 79.9. The maximum absolute atomic E-state index is 6.03. The van der Waals surface area contributed by atoms with E-state index in [-0.39, 0.29) is 0 Å². The fraction of sp³-hybridized carbons (Fsp3) is 0.538. The Morgan fingerprint density at radius 2 is 2.00 bits per heavy atom. The summed E-state index contributed by atoms with van der Waals surface area (Å²) in [5.74, 6) is 0.690. The average molecular weight is 288 g/mol. The van der Waals surface area contributed by atoms with Gasteiger partial charge in [0.2, 0.25) is 0 Å². The molecule has 2 heteroatoms. The lowest BCUT2D eigenvalue weighted by molar-refractivity contribution is 0.600. The first-order valence-electron chi connectivity index (χ1n) is 5.65. The minimum atomic E-state index is 0.684. The van der Waals surface area contributed by atoms with Crippen molar-refractivity contribution in [1.29, 1.82) is 0 Å². The molecule has 1 saturated carbocycles. The predicted molar refractivity (Wildman–Crippen MR) is 70.0 cm³/mol. The molecule has 15 heavy (non-hydrogen) atoms. The molecule has 1 aliphatic rings. The molecule has 2 unspecified atom stereocenters. The molecule has 0 heterocycles. The molecule has 0 amide bonds. The van der Waals surface area contributed by atoms with Gasteiger partial charge in [-0.1, -0.05) is 52.5 Å². The van der Waals surface area contributed by atoms with E-state index in [2.05, 4.69) is 34.1 Å². The van der Waals surface area contributed by atoms with Gasteiger partial charge in [-0.15, -0.1) is 0 Å². The smallest absolute Gasteiger partial charge is 0.0408 e. The van der Waals surface area contributed by atoms with Crippen molar-refractivity contribution in [2.75, 3.05) is 0 Å². The lowest BCUT2D eigenvalue weighted by atomic mass is 9.92. The van der Waals surface area contributed by atoms with Gasteiger partial charge in [0.1, 0.15) is 0 Å². The molecule has 1 aromatic carbocycles. The molecule has 2 rings (SSSR count). The van der Waals surface area contributed by atoms with E-state index in [1.165, 1.54) is 37.7 Å². The fourth-order valence-corrected chi connectivity index (χ4v) is 3.34. The molecule has 0 bridgehead atoms. The van der Waals surface area contributed by atoms with Crippen molar-refractivity contribution in [2.24, 2.45) is 0 Å². The van der Waals surface area contributed by atoms with Crippen LogP contribution in [0.5, 0.6) is 0 Å². The van der Waals surface area contributed by atoms with Crippen LogP contribution < -0.4 is 0 Å². The van der Waals surface area contributed by atoms with E-state index in [1.807, 2.05) is 6.07 Å². The molecule has 0 aromatic heterocycles. The van der Waals surface area contributed by atoms with Crippen molar-refractivity contribution >= 4 is 27.5 Å². The van der Waals surface area contributed by atoms with Crippen LogP contribution >= 0.6 is 27.5 Å². The Morgan fingerprint density at radius 1 is 1.20 bits per heavy atom. The summed E-state index contributed by atoms with van der Waals surface area (Å²) in [6.45, 7) is 0. The number of rotatable bonds is 1. The van der Waals surface area contributed by atoms with Gasteiger partial charge in [0, 0.05) is 9.85 Å². The first-order chi connectivity index (χ1) is 7.25. The zero-order valence-electron chi connectivity index (χ0n) is 8.76. The van der Waals surface area contributed by atoms with E-state index in [9.17, 15) is 0 Å². The van der Waals surface area contributed by atoms with Crippen LogP contribution in [0.1, 0.15) is 43.6 Å². The number of benzene rings is 1. The number of hydrogen-bond acceptors (Lipinski definition) is 0. The Balaban J connectivity index is 2.14. The van der Waals surface area contributed by atoms with Gasteiger partial charge in [0.15, 0.2) is 0 Å². The maximum Gasteiger partial charge on any atom is 0.0408 e. The Labute approximate surface area is 105 Å². The van der Waals surface area contributed by atoms with E-state index in [0.29, 0.717) is 10.7 Å². The predicted octanol–water partition coefficient (Wildman–Crippen LogP) is 5.15. The molecule has 0 aliphatic heterocycles. The molecule has 1 aliphatic carbocycles. The van der Waals surface area contributed by atoms with Crippen molar-refractivity contribution in [1.82, 2.24) is 0 Å². The topological polar surface area (TPSA) is 0 Å². The highest BCUT2D eigenvalue weighted by Gasteiger charge is 2.19. The van der Waals surface area contributed by atoms with Gasteiger partial charge in [-0.2, -0.15) is 0 Å². The van der Waals surface area contributed by atoms with E-state index >= 15 is 0 Å². The second-order valence-corrected chi connectivity index (χ2v) is 6.10. The van der Waals surface area contributed by atoms with E-state index in [0.717, 1.165) is 5.02 Å². The molecule has 0 saturated heterocycles. The van der Waals surface area contributed by atoms with E-state index < -0.39 is 0 Å². The second-order valence-electron chi connectivity index (χ2n) is 4.37. The van der Waals surface area contributed by atoms with Crippen LogP contribution in [0.2, 0.25) is 5.02 Å². The van der Waals surface area contributed by atoms with Gasteiger partial charge in [0.25, 0.3) is 0 Å². The van der Waals surface area contributed by atoms with E-state index in [4.69, 9.17) is 11.6 Å². The first kappa shape index (κ1) is 11.5. The quantitative estimate of drug-likeness (QED) is 0.495. The summed E-state index contributed by atoms with van der Waals surface area (Å²) in [5, 5.41) is 0.864. The largest absolute Gasteiger partial charge is 0.0890 e. The molecule has 0 spiro atoms. The fourth-order valence-electron chi connectivity index (χ4n) is 2.36. The molecular formula is C13H16BrCl. The molecule has 0 nitrogen and oxygen atoms in total. The molecule has 1 fully saturated rings. The van der Waals surface area contributed by atoms with Crippen LogP contribution in [0.15, 0.2) is 24.3 Å². The monoisotopic (exact) mass is 286 g/mol. The minimum Gasteiger partial charge on any atom is -0.0890 e. The lowest BCUT2D eigenvalue weighted by Gasteiger charge is -2.16. The lowest BCUT2D eigenvalue weighted by Crippen LogP contribution is -2.03. The Bertz CT molecular complexity index is 324. The third kappa shape index (κ3) is 3.22. The Morgan fingerprint density at radius 3 is 2.80 bits per heavy atom. The number of alkyl halides is 1. The van der Waals surface area contributed by atoms with Crippen molar-refractivity contribution in [3.05, 3.63) is 34.9 Å². The van der Waals surface area contributed by atoms with Crippen LogP contribution in [-0.4, -0.2) is 4.83 Å². The van der Waals surface area contributed by atoms with Gasteiger partial charge >= 0.3 is 0 Å². The highest BCUT2D eigenvalue weighted by molar-refractivity contribution is 9.09. The maximum atomic E-state index is 6.03. The van der Waals surface area contributed by atoms with Gasteiger partial charge in [0.05, 0.1) is 0 Å².